The smallest absolute Gasteiger partial charge is 0.341 e. The fourth-order valence-corrected chi connectivity index (χ4v) is 5.36. The molecular weight excluding hydrogens is 446 g/mol. The number of thiophene rings is 1. The summed E-state index contributed by atoms with van der Waals surface area (Å²) in [6.45, 7) is 6.16. The summed E-state index contributed by atoms with van der Waals surface area (Å²) in [4.78, 5) is 25.5. The van der Waals surface area contributed by atoms with E-state index in [2.05, 4.69) is 44.3 Å². The van der Waals surface area contributed by atoms with Gasteiger partial charge in [0.15, 0.2) is 6.61 Å². The van der Waals surface area contributed by atoms with Crippen LogP contribution in [0.4, 0.5) is 5.00 Å². The summed E-state index contributed by atoms with van der Waals surface area (Å²) in [5, 5.41) is 5.24. The molecule has 0 aliphatic heterocycles. The van der Waals surface area contributed by atoms with E-state index in [1.807, 2.05) is 29.6 Å². The molecule has 1 aliphatic carbocycles. The minimum absolute atomic E-state index is 0.108. The van der Waals surface area contributed by atoms with Crippen LogP contribution in [0.15, 0.2) is 47.8 Å². The average molecular weight is 478 g/mol. The molecule has 5 nitrogen and oxygen atoms in total. The van der Waals surface area contributed by atoms with Gasteiger partial charge < -0.3 is 14.8 Å². The van der Waals surface area contributed by atoms with Gasteiger partial charge in [-0.3, -0.25) is 4.79 Å². The maximum absolute atomic E-state index is 12.8. The number of carbonyl (C=O) groups is 2. The van der Waals surface area contributed by atoms with E-state index in [9.17, 15) is 9.59 Å². The van der Waals surface area contributed by atoms with E-state index in [1.165, 1.54) is 42.4 Å². The van der Waals surface area contributed by atoms with Gasteiger partial charge in [0.05, 0.1) is 7.11 Å². The number of benzene rings is 2. The topological polar surface area (TPSA) is 64.6 Å². The second-order valence-electron chi connectivity index (χ2n) is 9.62. The van der Waals surface area contributed by atoms with Gasteiger partial charge in [0.1, 0.15) is 16.3 Å². The first kappa shape index (κ1) is 24.0. The Kier molecular flexibility index (Phi) is 7.08. The van der Waals surface area contributed by atoms with Crippen molar-refractivity contribution in [2.75, 3.05) is 19.0 Å². The SMILES string of the molecule is COC(=O)c1c(-c2ccc3c(c2)CCCC3)csc1NC(=O)COc1ccccc1C(C)(C)C. The number of carbonyl (C=O) groups excluding carboxylic acids is 2. The summed E-state index contributed by atoms with van der Waals surface area (Å²) in [6, 6.07) is 14.1. The molecule has 3 aromatic rings. The zero-order valence-electron chi connectivity index (χ0n) is 20.2. The number of nitrogens with one attached hydrogen (secondary N) is 1. The van der Waals surface area contributed by atoms with Gasteiger partial charge >= 0.3 is 5.97 Å². The van der Waals surface area contributed by atoms with Crippen LogP contribution < -0.4 is 10.1 Å². The van der Waals surface area contributed by atoms with Gasteiger partial charge in [-0.1, -0.05) is 57.2 Å². The fourth-order valence-electron chi connectivity index (χ4n) is 4.39. The number of rotatable bonds is 6. The van der Waals surface area contributed by atoms with Crippen molar-refractivity contribution in [2.45, 2.75) is 51.9 Å². The van der Waals surface area contributed by atoms with Crippen LogP contribution in [0, 0.1) is 0 Å². The molecule has 178 valence electrons. The lowest BCUT2D eigenvalue weighted by Crippen LogP contribution is -2.22. The monoisotopic (exact) mass is 477 g/mol. The zero-order valence-corrected chi connectivity index (χ0v) is 21.0. The van der Waals surface area contributed by atoms with Crippen LogP contribution in [0.25, 0.3) is 11.1 Å². The largest absolute Gasteiger partial charge is 0.483 e. The predicted molar refractivity (Wildman–Crippen MR) is 137 cm³/mol. The number of anilines is 1. The van der Waals surface area contributed by atoms with Gasteiger partial charge in [0.2, 0.25) is 0 Å². The Bertz CT molecular complexity index is 1210. The third kappa shape index (κ3) is 5.17. The Labute approximate surface area is 205 Å². The maximum Gasteiger partial charge on any atom is 0.341 e. The van der Waals surface area contributed by atoms with Gasteiger partial charge in [0, 0.05) is 10.9 Å². The van der Waals surface area contributed by atoms with E-state index in [1.54, 1.807) is 0 Å². The Hall–Kier alpha value is -3.12. The van der Waals surface area contributed by atoms with E-state index in [4.69, 9.17) is 9.47 Å². The fraction of sp³-hybridized carbons (Fsp3) is 0.357. The van der Waals surface area contributed by atoms with Crippen LogP contribution in [0.5, 0.6) is 5.75 Å². The van der Waals surface area contributed by atoms with E-state index in [-0.39, 0.29) is 17.9 Å². The van der Waals surface area contributed by atoms with Crippen LogP contribution in [0.3, 0.4) is 0 Å². The lowest BCUT2D eigenvalue weighted by atomic mass is 9.86. The number of aryl methyl sites for hydroxylation is 2. The standard InChI is InChI=1S/C28H31NO4S/c1-28(2,3)22-11-7-8-12-23(22)33-16-24(30)29-26-25(27(31)32-4)21(17-34-26)20-14-13-18-9-5-6-10-19(18)15-20/h7-8,11-15,17H,5-6,9-10,16H2,1-4H3,(H,29,30). The van der Waals surface area contributed by atoms with Gasteiger partial charge in [-0.2, -0.15) is 0 Å². The highest BCUT2D eigenvalue weighted by Gasteiger charge is 2.24. The molecule has 0 bridgehead atoms. The number of amides is 1. The lowest BCUT2D eigenvalue weighted by Gasteiger charge is -2.22. The van der Waals surface area contributed by atoms with Crippen molar-refractivity contribution in [3.63, 3.8) is 0 Å². The Morgan fingerprint density at radius 2 is 1.76 bits per heavy atom. The molecule has 1 aromatic heterocycles. The number of ether oxygens (including phenoxy) is 2. The number of fused-ring (bicyclic) bond motifs is 1. The van der Waals surface area contributed by atoms with Crippen molar-refractivity contribution in [2.24, 2.45) is 0 Å². The molecule has 4 rings (SSSR count). The van der Waals surface area contributed by atoms with Crippen LogP contribution in [-0.2, 0) is 27.8 Å². The highest BCUT2D eigenvalue weighted by Crippen LogP contribution is 2.38. The summed E-state index contributed by atoms with van der Waals surface area (Å²) in [6.07, 6.45) is 4.56. The summed E-state index contributed by atoms with van der Waals surface area (Å²) in [5.74, 6) is -0.116. The van der Waals surface area contributed by atoms with Crippen molar-refractivity contribution < 1.29 is 19.1 Å². The highest BCUT2D eigenvalue weighted by atomic mass is 32.1. The zero-order chi connectivity index (χ0) is 24.3. The minimum atomic E-state index is -0.469. The molecule has 0 spiro atoms. The van der Waals surface area contributed by atoms with Gasteiger partial charge in [-0.05, 0) is 59.4 Å². The molecule has 1 amide bonds. The quantitative estimate of drug-likeness (QED) is 0.418. The highest BCUT2D eigenvalue weighted by molar-refractivity contribution is 7.15. The molecule has 0 radical (unpaired) electrons. The van der Waals surface area contributed by atoms with E-state index in [0.717, 1.165) is 29.5 Å². The van der Waals surface area contributed by atoms with Crippen molar-refractivity contribution in [3.05, 3.63) is 70.1 Å². The first-order valence-corrected chi connectivity index (χ1v) is 12.5. The van der Waals surface area contributed by atoms with Crippen molar-refractivity contribution in [1.82, 2.24) is 0 Å². The number of esters is 1. The first-order chi connectivity index (χ1) is 16.3. The molecule has 0 atom stereocenters. The lowest BCUT2D eigenvalue weighted by molar-refractivity contribution is -0.118. The van der Waals surface area contributed by atoms with Crippen LogP contribution in [0.2, 0.25) is 0 Å². The predicted octanol–water partition coefficient (Wildman–Crippen LogP) is 6.40. The number of methoxy groups -OCH3 is 1. The summed E-state index contributed by atoms with van der Waals surface area (Å²) in [5.41, 5.74) is 5.76. The molecule has 1 aliphatic rings. The van der Waals surface area contributed by atoms with E-state index < -0.39 is 5.97 Å². The first-order valence-electron chi connectivity index (χ1n) is 11.6. The molecule has 1 heterocycles. The second-order valence-corrected chi connectivity index (χ2v) is 10.5. The molecular formula is C28H31NO4S. The summed E-state index contributed by atoms with van der Waals surface area (Å²) < 4.78 is 10.9. The van der Waals surface area contributed by atoms with E-state index in [0.29, 0.717) is 16.3 Å². The number of hydrogen-bond acceptors (Lipinski definition) is 5. The van der Waals surface area contributed by atoms with Gasteiger partial charge in [-0.25, -0.2) is 4.79 Å². The molecule has 1 N–H and O–H groups in total. The molecule has 34 heavy (non-hydrogen) atoms. The van der Waals surface area contributed by atoms with Crippen LogP contribution >= 0.6 is 11.3 Å². The third-order valence-corrected chi connectivity index (χ3v) is 7.04. The number of hydrogen-bond donors (Lipinski definition) is 1. The Morgan fingerprint density at radius 1 is 1.03 bits per heavy atom. The van der Waals surface area contributed by atoms with Gasteiger partial charge in [0.25, 0.3) is 5.91 Å². The Morgan fingerprint density at radius 3 is 2.50 bits per heavy atom. The van der Waals surface area contributed by atoms with Crippen molar-refractivity contribution in [3.8, 4) is 16.9 Å². The molecule has 6 heteroatoms. The second kappa shape index (κ2) is 10.0. The van der Waals surface area contributed by atoms with Gasteiger partial charge in [-0.15, -0.1) is 11.3 Å². The normalized spacial score (nSPS) is 13.2. The van der Waals surface area contributed by atoms with E-state index >= 15 is 0 Å². The minimum Gasteiger partial charge on any atom is -0.483 e. The van der Waals surface area contributed by atoms with Crippen LogP contribution in [-0.4, -0.2) is 25.6 Å². The Balaban J connectivity index is 1.55. The molecule has 0 saturated carbocycles. The molecule has 0 unspecified atom stereocenters. The van der Waals surface area contributed by atoms with Crippen molar-refractivity contribution in [1.29, 1.82) is 0 Å². The average Bonchev–Trinajstić information content (AvgIpc) is 3.25. The third-order valence-electron chi connectivity index (χ3n) is 6.15. The summed E-state index contributed by atoms with van der Waals surface area (Å²) >= 11 is 1.32. The van der Waals surface area contributed by atoms with Crippen molar-refractivity contribution >= 4 is 28.2 Å². The molecule has 2 aromatic carbocycles. The maximum atomic E-state index is 12.8. The summed E-state index contributed by atoms with van der Waals surface area (Å²) in [7, 11) is 1.36. The van der Waals surface area contributed by atoms with Crippen LogP contribution in [0.1, 0.15) is 60.7 Å². The molecule has 0 saturated heterocycles. The molecule has 0 fully saturated rings. The number of para-hydroxylation sites is 1.